The lowest BCUT2D eigenvalue weighted by Crippen LogP contribution is -2.46. The van der Waals surface area contributed by atoms with Gasteiger partial charge in [-0.15, -0.1) is 0 Å². The summed E-state index contributed by atoms with van der Waals surface area (Å²) in [5.41, 5.74) is 9.80. The van der Waals surface area contributed by atoms with E-state index >= 15 is 4.39 Å². The first-order valence-electron chi connectivity index (χ1n) is 12.7. The molecule has 5 rings (SSSR count). The number of halogens is 2. The summed E-state index contributed by atoms with van der Waals surface area (Å²) in [5.74, 6) is -2.08. The van der Waals surface area contributed by atoms with Gasteiger partial charge >= 0.3 is 0 Å². The van der Waals surface area contributed by atoms with Crippen LogP contribution in [-0.4, -0.2) is 66.7 Å². The van der Waals surface area contributed by atoms with Crippen molar-refractivity contribution in [2.75, 3.05) is 44.4 Å². The van der Waals surface area contributed by atoms with Crippen LogP contribution in [0.15, 0.2) is 30.3 Å². The van der Waals surface area contributed by atoms with Gasteiger partial charge in [0.25, 0.3) is 5.91 Å². The summed E-state index contributed by atoms with van der Waals surface area (Å²) in [6.45, 7) is 6.67. The number of nitrogens with one attached hydrogen (secondary N) is 1. The van der Waals surface area contributed by atoms with Gasteiger partial charge in [-0.05, 0) is 69.8 Å². The number of fused-ring (bicyclic) bond motifs is 1. The summed E-state index contributed by atoms with van der Waals surface area (Å²) < 4.78 is 36.0. The Kier molecular flexibility index (Phi) is 7.02. The molecule has 3 N–H and O–H groups in total. The van der Waals surface area contributed by atoms with Crippen molar-refractivity contribution in [3.8, 4) is 22.5 Å². The largest absolute Gasteiger partial charge is 0.382 e. The monoisotopic (exact) mass is 522 g/mol. The topological polar surface area (TPSA) is 96.6 Å². The van der Waals surface area contributed by atoms with Crippen LogP contribution in [-0.2, 0) is 17.7 Å². The third kappa shape index (κ3) is 5.06. The number of morpholine rings is 1. The molecule has 2 aliphatic rings. The molecule has 2 aromatic carbocycles. The van der Waals surface area contributed by atoms with E-state index in [0.29, 0.717) is 36.2 Å². The molecule has 8 nitrogen and oxygen atoms in total. The van der Waals surface area contributed by atoms with E-state index in [0.717, 1.165) is 24.3 Å². The second kappa shape index (κ2) is 10.3. The van der Waals surface area contributed by atoms with Gasteiger partial charge < -0.3 is 25.6 Å². The Balaban J connectivity index is 1.58. The van der Waals surface area contributed by atoms with Crippen LogP contribution in [0.25, 0.3) is 22.5 Å². The Morgan fingerprint density at radius 3 is 2.53 bits per heavy atom. The molecule has 38 heavy (non-hydrogen) atoms. The van der Waals surface area contributed by atoms with Gasteiger partial charge in [0.1, 0.15) is 17.2 Å². The maximum absolute atomic E-state index is 15.2. The SMILES string of the molecule is C[C@@H]1CN(c2ccc(-c3nc(-c4cc(F)c5c(c4)CCNC5=O)c(N)nc3F)cc2CN(C)C)C[C@H](C)O1. The smallest absolute Gasteiger partial charge is 0.254 e. The molecule has 2 aliphatic heterocycles. The Morgan fingerprint density at radius 2 is 1.82 bits per heavy atom. The molecule has 1 aromatic heterocycles. The van der Waals surface area contributed by atoms with Crippen LogP contribution in [0.4, 0.5) is 20.3 Å². The third-order valence-electron chi connectivity index (χ3n) is 6.83. The highest BCUT2D eigenvalue weighted by Crippen LogP contribution is 2.34. The molecule has 0 spiro atoms. The second-order valence-corrected chi connectivity index (χ2v) is 10.3. The number of nitrogens with two attached hydrogens (primary N) is 1. The van der Waals surface area contributed by atoms with E-state index in [9.17, 15) is 9.18 Å². The molecule has 200 valence electrons. The van der Waals surface area contributed by atoms with Crippen LogP contribution in [0.1, 0.15) is 35.3 Å². The lowest BCUT2D eigenvalue weighted by atomic mass is 9.95. The number of nitrogens with zero attached hydrogens (tertiary/aromatic N) is 4. The molecular formula is C28H32F2N6O2. The molecule has 0 radical (unpaired) electrons. The molecule has 2 atom stereocenters. The van der Waals surface area contributed by atoms with E-state index in [2.05, 4.69) is 38.9 Å². The Hall–Kier alpha value is -3.63. The molecule has 0 unspecified atom stereocenters. The fourth-order valence-electron chi connectivity index (χ4n) is 5.36. The minimum atomic E-state index is -0.804. The summed E-state index contributed by atoms with van der Waals surface area (Å²) in [6, 6.07) is 8.61. The molecule has 1 saturated heterocycles. The quantitative estimate of drug-likeness (QED) is 0.528. The van der Waals surface area contributed by atoms with E-state index in [4.69, 9.17) is 10.5 Å². The average molecular weight is 523 g/mol. The van der Waals surface area contributed by atoms with E-state index in [-0.39, 0.29) is 35.0 Å². The molecule has 1 amide bonds. The standard InChI is InChI=1S/C28H32F2N6O2/c1-15-12-36(13-16(2)38-15)22-6-5-18(10-20(22)14-35(3)4)24-26(30)34-27(31)25(33-24)19-9-17-7-8-32-28(37)23(17)21(29)11-19/h5-6,9-11,15-16H,7-8,12-14H2,1-4H3,(H2,31,34)(H,32,37)/t15-,16+. The Bertz CT molecular complexity index is 1390. The number of carbonyl (C=O) groups is 1. The molecule has 3 aromatic rings. The summed E-state index contributed by atoms with van der Waals surface area (Å²) in [4.78, 5) is 24.9. The van der Waals surface area contributed by atoms with E-state index < -0.39 is 17.7 Å². The first-order valence-corrected chi connectivity index (χ1v) is 12.7. The van der Waals surface area contributed by atoms with Crippen LogP contribution >= 0.6 is 0 Å². The number of carbonyl (C=O) groups excluding carboxylic acids is 1. The first kappa shape index (κ1) is 26.0. The molecule has 10 heteroatoms. The lowest BCUT2D eigenvalue weighted by molar-refractivity contribution is -0.00528. The van der Waals surface area contributed by atoms with Gasteiger partial charge in [-0.3, -0.25) is 4.79 Å². The zero-order valence-corrected chi connectivity index (χ0v) is 22.0. The Morgan fingerprint density at radius 1 is 1.08 bits per heavy atom. The number of nitrogen functional groups attached to an aromatic ring is 1. The summed E-state index contributed by atoms with van der Waals surface area (Å²) in [5, 5.41) is 2.64. The lowest BCUT2D eigenvalue weighted by Gasteiger charge is -2.38. The van der Waals surface area contributed by atoms with Crippen LogP contribution in [0.5, 0.6) is 0 Å². The van der Waals surface area contributed by atoms with Crippen LogP contribution in [0.3, 0.4) is 0 Å². The number of benzene rings is 2. The number of aromatic nitrogens is 2. The fourth-order valence-corrected chi connectivity index (χ4v) is 5.36. The highest BCUT2D eigenvalue weighted by atomic mass is 19.1. The van der Waals surface area contributed by atoms with Gasteiger partial charge in [0.2, 0.25) is 5.95 Å². The van der Waals surface area contributed by atoms with Gasteiger partial charge in [0, 0.05) is 43.0 Å². The van der Waals surface area contributed by atoms with Crippen LogP contribution in [0.2, 0.25) is 0 Å². The zero-order valence-electron chi connectivity index (χ0n) is 22.0. The minimum absolute atomic E-state index is 0.0181. The predicted molar refractivity (Wildman–Crippen MR) is 143 cm³/mol. The third-order valence-corrected chi connectivity index (χ3v) is 6.83. The number of anilines is 2. The van der Waals surface area contributed by atoms with Gasteiger partial charge in [-0.25, -0.2) is 9.37 Å². The van der Waals surface area contributed by atoms with E-state index in [1.807, 2.05) is 32.3 Å². The highest BCUT2D eigenvalue weighted by Gasteiger charge is 2.26. The number of hydrogen-bond acceptors (Lipinski definition) is 7. The average Bonchev–Trinajstić information content (AvgIpc) is 2.83. The van der Waals surface area contributed by atoms with Crippen molar-refractivity contribution >= 4 is 17.4 Å². The van der Waals surface area contributed by atoms with Crippen molar-refractivity contribution in [3.63, 3.8) is 0 Å². The summed E-state index contributed by atoms with van der Waals surface area (Å²) in [7, 11) is 3.96. The molecule has 0 bridgehead atoms. The zero-order chi connectivity index (χ0) is 27.1. The van der Waals surface area contributed by atoms with Crippen molar-refractivity contribution in [3.05, 3.63) is 58.8 Å². The van der Waals surface area contributed by atoms with E-state index in [1.165, 1.54) is 6.07 Å². The van der Waals surface area contributed by atoms with Gasteiger partial charge in [0.15, 0.2) is 5.82 Å². The minimum Gasteiger partial charge on any atom is -0.382 e. The number of amides is 1. The van der Waals surface area contributed by atoms with Crippen molar-refractivity contribution in [2.24, 2.45) is 0 Å². The number of ether oxygens (including phenoxy) is 1. The molecule has 0 aliphatic carbocycles. The van der Waals surface area contributed by atoms with Crippen LogP contribution < -0.4 is 16.0 Å². The fraction of sp³-hybridized carbons (Fsp3) is 0.393. The number of rotatable bonds is 5. The number of hydrogen-bond donors (Lipinski definition) is 2. The van der Waals surface area contributed by atoms with Gasteiger partial charge in [-0.1, -0.05) is 6.07 Å². The van der Waals surface area contributed by atoms with Crippen molar-refractivity contribution in [1.29, 1.82) is 0 Å². The van der Waals surface area contributed by atoms with Crippen molar-refractivity contribution < 1.29 is 18.3 Å². The molecule has 1 fully saturated rings. The predicted octanol–water partition coefficient (Wildman–Crippen LogP) is 3.63. The Labute approximate surface area is 220 Å². The molecular weight excluding hydrogens is 490 g/mol. The highest BCUT2D eigenvalue weighted by molar-refractivity contribution is 5.97. The van der Waals surface area contributed by atoms with E-state index in [1.54, 1.807) is 6.07 Å². The normalized spacial score (nSPS) is 19.4. The van der Waals surface area contributed by atoms with Gasteiger partial charge in [-0.2, -0.15) is 9.37 Å². The molecule has 3 heterocycles. The maximum Gasteiger partial charge on any atom is 0.254 e. The first-order chi connectivity index (χ1) is 18.1. The summed E-state index contributed by atoms with van der Waals surface area (Å²) >= 11 is 0. The maximum atomic E-state index is 15.2. The van der Waals surface area contributed by atoms with Crippen LogP contribution in [0, 0.1) is 11.8 Å². The molecule has 0 saturated carbocycles. The van der Waals surface area contributed by atoms with Gasteiger partial charge in [0.05, 0.1) is 17.8 Å². The van der Waals surface area contributed by atoms with Crippen molar-refractivity contribution in [2.45, 2.75) is 39.0 Å². The summed E-state index contributed by atoms with van der Waals surface area (Å²) in [6.07, 6.45) is 0.662. The van der Waals surface area contributed by atoms with Crippen molar-refractivity contribution in [1.82, 2.24) is 20.2 Å². The second-order valence-electron chi connectivity index (χ2n) is 10.3.